The first-order valence-electron chi connectivity index (χ1n) is 2.21. The van der Waals surface area contributed by atoms with Gasteiger partial charge in [-0.3, -0.25) is 0 Å². The molecule has 0 amide bonds. The van der Waals surface area contributed by atoms with Crippen molar-refractivity contribution >= 4 is 5.97 Å². The van der Waals surface area contributed by atoms with Crippen molar-refractivity contribution < 1.29 is 14.6 Å². The van der Waals surface area contributed by atoms with E-state index in [2.05, 4.69) is 4.74 Å². The molecule has 0 saturated heterocycles. The average Bonchev–Trinajstić information content (AvgIpc) is 1.68. The third-order valence-corrected chi connectivity index (χ3v) is 0.510. The van der Waals surface area contributed by atoms with E-state index in [0.717, 1.165) is 0 Å². The number of ether oxygens (including phenoxy) is 1. The van der Waals surface area contributed by atoms with E-state index in [-0.39, 0.29) is 0 Å². The van der Waals surface area contributed by atoms with Crippen LogP contribution >= 0.6 is 0 Å². The molecule has 0 bridgehead atoms. The third kappa shape index (κ3) is 3.36. The molecule has 0 saturated carbocycles. The maximum atomic E-state index is 10.2. The molecule has 0 spiro atoms. The summed E-state index contributed by atoms with van der Waals surface area (Å²) in [5.41, 5.74) is 0. The van der Waals surface area contributed by atoms with E-state index in [9.17, 15) is 4.79 Å². The largest absolute Gasteiger partial charge is 0.436 e. The van der Waals surface area contributed by atoms with E-state index in [1.54, 1.807) is 6.92 Å². The smallest absolute Gasteiger partial charge is 0.332 e. The van der Waals surface area contributed by atoms with Gasteiger partial charge >= 0.3 is 5.97 Å². The number of allylic oxidation sites excluding steroid dienone is 1. The Morgan fingerprint density at radius 2 is 2.50 bits per heavy atom. The molecule has 0 aromatic heterocycles. The van der Waals surface area contributed by atoms with Gasteiger partial charge in [0.2, 0.25) is 0 Å². The molecule has 46 valence electrons. The lowest BCUT2D eigenvalue weighted by Crippen LogP contribution is -2.00. The summed E-state index contributed by atoms with van der Waals surface area (Å²) >= 11 is 0. The van der Waals surface area contributed by atoms with E-state index in [1.807, 2.05) is 0 Å². The SMILES string of the molecule is C/C=C\C(=O)OCO. The summed E-state index contributed by atoms with van der Waals surface area (Å²) in [5, 5.41) is 7.99. The van der Waals surface area contributed by atoms with Crippen LogP contribution in [0.4, 0.5) is 0 Å². The Labute approximate surface area is 47.6 Å². The summed E-state index contributed by atoms with van der Waals surface area (Å²) in [6.45, 7) is 1.14. The quantitative estimate of drug-likeness (QED) is 0.315. The molecule has 0 radical (unpaired) electrons. The number of hydrogen-bond donors (Lipinski definition) is 1. The van der Waals surface area contributed by atoms with Crippen LogP contribution in [0.2, 0.25) is 0 Å². The summed E-state index contributed by atoms with van der Waals surface area (Å²) in [5.74, 6) is -0.519. The summed E-state index contributed by atoms with van der Waals surface area (Å²) in [4.78, 5) is 10.2. The lowest BCUT2D eigenvalue weighted by atomic mass is 10.5. The summed E-state index contributed by atoms with van der Waals surface area (Å²) in [6, 6.07) is 0. The van der Waals surface area contributed by atoms with Gasteiger partial charge in [0.15, 0.2) is 6.79 Å². The second-order valence-corrected chi connectivity index (χ2v) is 1.09. The molecule has 0 atom stereocenters. The molecule has 0 aliphatic carbocycles. The number of aliphatic hydroxyl groups is 1. The third-order valence-electron chi connectivity index (χ3n) is 0.510. The Morgan fingerprint density at radius 3 is 2.88 bits per heavy atom. The van der Waals surface area contributed by atoms with E-state index in [1.165, 1.54) is 12.2 Å². The molecule has 0 fully saturated rings. The fourth-order valence-electron chi connectivity index (χ4n) is 0.248. The minimum atomic E-state index is -0.552. The van der Waals surface area contributed by atoms with Crippen molar-refractivity contribution in [1.29, 1.82) is 0 Å². The number of carbonyl (C=O) groups is 1. The normalized spacial score (nSPS) is 9.75. The zero-order valence-corrected chi connectivity index (χ0v) is 4.63. The van der Waals surface area contributed by atoms with Gasteiger partial charge in [-0.1, -0.05) is 6.08 Å². The Bertz CT molecular complexity index is 95.8. The number of hydrogen-bond acceptors (Lipinski definition) is 3. The van der Waals surface area contributed by atoms with Gasteiger partial charge in [-0.25, -0.2) is 4.79 Å². The van der Waals surface area contributed by atoms with Gasteiger partial charge in [0.25, 0.3) is 0 Å². The van der Waals surface area contributed by atoms with Crippen LogP contribution in [0, 0.1) is 0 Å². The second-order valence-electron chi connectivity index (χ2n) is 1.09. The highest BCUT2D eigenvalue weighted by atomic mass is 16.6. The highest BCUT2D eigenvalue weighted by Crippen LogP contribution is 1.76. The molecule has 0 aromatic rings. The van der Waals surface area contributed by atoms with Gasteiger partial charge in [0.05, 0.1) is 0 Å². The van der Waals surface area contributed by atoms with E-state index < -0.39 is 12.8 Å². The summed E-state index contributed by atoms with van der Waals surface area (Å²) in [7, 11) is 0. The van der Waals surface area contributed by atoms with Crippen molar-refractivity contribution in [2.75, 3.05) is 6.79 Å². The number of carbonyl (C=O) groups excluding carboxylic acids is 1. The zero-order valence-electron chi connectivity index (χ0n) is 4.63. The minimum Gasteiger partial charge on any atom is -0.436 e. The van der Waals surface area contributed by atoms with Gasteiger partial charge in [0.1, 0.15) is 0 Å². The van der Waals surface area contributed by atoms with Crippen molar-refractivity contribution in [3.05, 3.63) is 12.2 Å². The number of aliphatic hydroxyl groups excluding tert-OH is 1. The molecule has 0 unspecified atom stereocenters. The van der Waals surface area contributed by atoms with Crippen molar-refractivity contribution in [1.82, 2.24) is 0 Å². The molecule has 8 heavy (non-hydrogen) atoms. The molecule has 3 nitrogen and oxygen atoms in total. The van der Waals surface area contributed by atoms with Crippen LogP contribution < -0.4 is 0 Å². The zero-order chi connectivity index (χ0) is 6.41. The molecule has 3 heteroatoms. The fourth-order valence-corrected chi connectivity index (χ4v) is 0.248. The first-order valence-corrected chi connectivity index (χ1v) is 2.21. The van der Waals surface area contributed by atoms with Crippen molar-refractivity contribution in [2.24, 2.45) is 0 Å². The van der Waals surface area contributed by atoms with E-state index in [4.69, 9.17) is 5.11 Å². The maximum Gasteiger partial charge on any atom is 0.332 e. The Morgan fingerprint density at radius 1 is 1.88 bits per heavy atom. The van der Waals surface area contributed by atoms with Crippen LogP contribution in [0.25, 0.3) is 0 Å². The molecule has 0 heterocycles. The van der Waals surface area contributed by atoms with Crippen molar-refractivity contribution in [3.8, 4) is 0 Å². The Kier molecular flexibility index (Phi) is 3.88. The molecule has 0 aliphatic rings. The highest BCUT2D eigenvalue weighted by Gasteiger charge is 1.89. The monoisotopic (exact) mass is 116 g/mol. The molecule has 1 N–H and O–H groups in total. The average molecular weight is 116 g/mol. The standard InChI is InChI=1S/C5H8O3/c1-2-3-5(7)8-4-6/h2-3,6H,4H2,1H3/b3-2-. The predicted octanol–water partition coefficient (Wildman–Crippen LogP) is 0.0555. The van der Waals surface area contributed by atoms with Crippen LogP contribution in [0.15, 0.2) is 12.2 Å². The van der Waals surface area contributed by atoms with Crippen LogP contribution in [0.5, 0.6) is 0 Å². The lowest BCUT2D eigenvalue weighted by Gasteiger charge is -1.90. The van der Waals surface area contributed by atoms with E-state index >= 15 is 0 Å². The van der Waals surface area contributed by atoms with Crippen LogP contribution in [-0.2, 0) is 9.53 Å². The molecule has 0 aliphatic heterocycles. The topological polar surface area (TPSA) is 46.5 Å². The Hall–Kier alpha value is -0.830. The first-order chi connectivity index (χ1) is 3.81. The van der Waals surface area contributed by atoms with Gasteiger partial charge in [-0.2, -0.15) is 0 Å². The van der Waals surface area contributed by atoms with Crippen LogP contribution in [0.3, 0.4) is 0 Å². The lowest BCUT2D eigenvalue weighted by molar-refractivity contribution is -0.145. The van der Waals surface area contributed by atoms with Gasteiger partial charge in [-0.15, -0.1) is 0 Å². The second kappa shape index (κ2) is 4.33. The first kappa shape index (κ1) is 7.17. The number of rotatable bonds is 2. The predicted molar refractivity (Wildman–Crippen MR) is 28.0 cm³/mol. The molecular formula is C5H8O3. The van der Waals surface area contributed by atoms with Gasteiger partial charge in [-0.05, 0) is 6.92 Å². The molecule has 0 aromatic carbocycles. The molecule has 0 rings (SSSR count). The van der Waals surface area contributed by atoms with Crippen molar-refractivity contribution in [2.45, 2.75) is 6.92 Å². The van der Waals surface area contributed by atoms with Crippen LogP contribution in [0.1, 0.15) is 6.92 Å². The van der Waals surface area contributed by atoms with Gasteiger partial charge < -0.3 is 9.84 Å². The van der Waals surface area contributed by atoms with E-state index in [0.29, 0.717) is 0 Å². The van der Waals surface area contributed by atoms with Gasteiger partial charge in [0, 0.05) is 6.08 Å². The fraction of sp³-hybridized carbons (Fsp3) is 0.400. The Balaban J connectivity index is 3.33. The van der Waals surface area contributed by atoms with Crippen LogP contribution in [-0.4, -0.2) is 17.9 Å². The maximum absolute atomic E-state index is 10.2. The highest BCUT2D eigenvalue weighted by molar-refractivity contribution is 5.81. The van der Waals surface area contributed by atoms with Crippen molar-refractivity contribution in [3.63, 3.8) is 0 Å². The summed E-state index contributed by atoms with van der Waals surface area (Å²) in [6.07, 6.45) is 2.77. The minimum absolute atomic E-state index is 0.519. The number of esters is 1. The summed E-state index contributed by atoms with van der Waals surface area (Å²) < 4.78 is 4.11. The molecular weight excluding hydrogens is 108 g/mol.